The monoisotopic (exact) mass is 309 g/mol. The molecular weight excluding hydrogens is 293 g/mol. The molecule has 0 unspecified atom stereocenters. The first kappa shape index (κ1) is 15.5. The van der Waals surface area contributed by atoms with E-state index in [9.17, 15) is 12.8 Å². The Morgan fingerprint density at radius 1 is 1.10 bits per heavy atom. The van der Waals surface area contributed by atoms with Gasteiger partial charge in [-0.1, -0.05) is 30.3 Å². The first-order chi connectivity index (χ1) is 9.92. The third-order valence-corrected chi connectivity index (χ3v) is 4.89. The molecule has 21 heavy (non-hydrogen) atoms. The van der Waals surface area contributed by atoms with Crippen LogP contribution in [0.25, 0.3) is 0 Å². The Labute approximate surface area is 123 Å². The predicted octanol–water partition coefficient (Wildman–Crippen LogP) is 2.28. The Balaban J connectivity index is 2.20. The second-order valence-electron chi connectivity index (χ2n) is 4.68. The van der Waals surface area contributed by atoms with E-state index >= 15 is 0 Å². The van der Waals surface area contributed by atoms with E-state index < -0.39 is 15.8 Å². The highest BCUT2D eigenvalue weighted by atomic mass is 32.2. The van der Waals surface area contributed by atoms with E-state index in [1.165, 1.54) is 31.3 Å². The van der Waals surface area contributed by atoms with Crippen LogP contribution in [0.4, 0.5) is 10.1 Å². The highest BCUT2D eigenvalue weighted by molar-refractivity contribution is 7.92. The van der Waals surface area contributed by atoms with E-state index in [0.29, 0.717) is 5.56 Å². The maximum atomic E-state index is 13.2. The number of aliphatic hydroxyl groups excluding tert-OH is 1. The summed E-state index contributed by atoms with van der Waals surface area (Å²) in [5, 5.41) is 8.96. The van der Waals surface area contributed by atoms with Gasteiger partial charge in [-0.15, -0.1) is 0 Å². The van der Waals surface area contributed by atoms with Gasteiger partial charge in [-0.05, 0) is 29.3 Å². The lowest BCUT2D eigenvalue weighted by Crippen LogP contribution is -2.27. The fraction of sp³-hybridized carbons (Fsp3) is 0.200. The number of sulfonamides is 1. The van der Waals surface area contributed by atoms with Gasteiger partial charge in [-0.2, -0.15) is 0 Å². The lowest BCUT2D eigenvalue weighted by molar-refractivity contribution is 0.282. The number of anilines is 1. The molecular formula is C15H16FNO3S. The number of halogens is 1. The molecule has 6 heteroatoms. The molecule has 2 rings (SSSR count). The summed E-state index contributed by atoms with van der Waals surface area (Å²) in [5.74, 6) is -0.673. The lowest BCUT2D eigenvalue weighted by Gasteiger charge is -2.19. The normalized spacial score (nSPS) is 11.4. The van der Waals surface area contributed by atoms with Crippen molar-refractivity contribution in [2.45, 2.75) is 12.4 Å². The second-order valence-corrected chi connectivity index (χ2v) is 6.68. The van der Waals surface area contributed by atoms with Crippen LogP contribution >= 0.6 is 0 Å². The largest absolute Gasteiger partial charge is 0.392 e. The minimum Gasteiger partial charge on any atom is -0.392 e. The van der Waals surface area contributed by atoms with Crippen LogP contribution in [0.1, 0.15) is 11.1 Å². The van der Waals surface area contributed by atoms with Gasteiger partial charge in [0, 0.05) is 7.05 Å². The lowest BCUT2D eigenvalue weighted by atomic mass is 10.2. The van der Waals surface area contributed by atoms with Crippen molar-refractivity contribution in [1.29, 1.82) is 0 Å². The van der Waals surface area contributed by atoms with Crippen molar-refractivity contribution < 1.29 is 17.9 Å². The van der Waals surface area contributed by atoms with Crippen molar-refractivity contribution in [3.05, 3.63) is 65.5 Å². The summed E-state index contributed by atoms with van der Waals surface area (Å²) < 4.78 is 38.9. The first-order valence-corrected chi connectivity index (χ1v) is 7.94. The molecule has 4 nitrogen and oxygen atoms in total. The molecule has 0 aromatic heterocycles. The van der Waals surface area contributed by atoms with Crippen molar-refractivity contribution in [3.8, 4) is 0 Å². The Morgan fingerprint density at radius 2 is 1.71 bits per heavy atom. The molecule has 0 atom stereocenters. The fourth-order valence-corrected chi connectivity index (χ4v) is 3.12. The van der Waals surface area contributed by atoms with Gasteiger partial charge in [0.2, 0.25) is 10.0 Å². The van der Waals surface area contributed by atoms with Crippen molar-refractivity contribution in [2.24, 2.45) is 0 Å². The molecule has 0 amide bonds. The van der Waals surface area contributed by atoms with Crippen LogP contribution in [-0.2, 0) is 22.4 Å². The highest BCUT2D eigenvalue weighted by Crippen LogP contribution is 2.20. The molecule has 0 heterocycles. The molecule has 0 fully saturated rings. The molecule has 0 saturated heterocycles. The van der Waals surface area contributed by atoms with E-state index in [-0.39, 0.29) is 18.0 Å². The van der Waals surface area contributed by atoms with Crippen molar-refractivity contribution in [3.63, 3.8) is 0 Å². The SMILES string of the molecule is CN(c1cccc(F)c1)S(=O)(=O)Cc1ccc(CO)cc1. The van der Waals surface area contributed by atoms with Crippen LogP contribution in [-0.4, -0.2) is 20.6 Å². The van der Waals surface area contributed by atoms with E-state index in [0.717, 1.165) is 9.87 Å². The topological polar surface area (TPSA) is 57.6 Å². The van der Waals surface area contributed by atoms with Gasteiger partial charge in [0.05, 0.1) is 18.0 Å². The predicted molar refractivity (Wildman–Crippen MR) is 79.8 cm³/mol. The molecule has 0 aliphatic carbocycles. The molecule has 112 valence electrons. The van der Waals surface area contributed by atoms with Crippen LogP contribution in [0, 0.1) is 5.82 Å². The van der Waals surface area contributed by atoms with Gasteiger partial charge >= 0.3 is 0 Å². The molecule has 2 aromatic carbocycles. The van der Waals surface area contributed by atoms with E-state index in [4.69, 9.17) is 5.11 Å². The van der Waals surface area contributed by atoms with Gasteiger partial charge in [0.15, 0.2) is 0 Å². The van der Waals surface area contributed by atoms with Crippen molar-refractivity contribution in [2.75, 3.05) is 11.4 Å². The zero-order valence-electron chi connectivity index (χ0n) is 11.5. The van der Waals surface area contributed by atoms with Gasteiger partial charge in [0.1, 0.15) is 5.82 Å². The van der Waals surface area contributed by atoms with E-state index in [1.807, 2.05) is 0 Å². The second kappa shape index (κ2) is 6.24. The summed E-state index contributed by atoms with van der Waals surface area (Å²) >= 11 is 0. The number of hydrogen-bond donors (Lipinski definition) is 1. The number of aliphatic hydroxyl groups is 1. The molecule has 2 aromatic rings. The number of benzene rings is 2. The van der Waals surface area contributed by atoms with Gasteiger partial charge < -0.3 is 5.11 Å². The number of hydrogen-bond acceptors (Lipinski definition) is 3. The van der Waals surface area contributed by atoms with Crippen molar-refractivity contribution in [1.82, 2.24) is 0 Å². The molecule has 0 aliphatic heterocycles. The Bertz CT molecular complexity index is 714. The van der Waals surface area contributed by atoms with Crippen molar-refractivity contribution >= 4 is 15.7 Å². The molecule has 0 aliphatic rings. The third-order valence-electron chi connectivity index (χ3n) is 3.14. The third kappa shape index (κ3) is 3.80. The maximum absolute atomic E-state index is 13.2. The molecule has 0 radical (unpaired) electrons. The van der Waals surface area contributed by atoms with Crippen LogP contribution in [0.5, 0.6) is 0 Å². The number of nitrogens with zero attached hydrogens (tertiary/aromatic N) is 1. The minimum absolute atomic E-state index is 0.0871. The summed E-state index contributed by atoms with van der Waals surface area (Å²) in [4.78, 5) is 0. The summed E-state index contributed by atoms with van der Waals surface area (Å²) in [5.41, 5.74) is 1.60. The van der Waals surface area contributed by atoms with Gasteiger partial charge in [-0.25, -0.2) is 12.8 Å². The Kier molecular flexibility index (Phi) is 4.59. The first-order valence-electron chi connectivity index (χ1n) is 6.33. The smallest absolute Gasteiger partial charge is 0.239 e. The van der Waals surface area contributed by atoms with Crippen LogP contribution in [0.15, 0.2) is 48.5 Å². The minimum atomic E-state index is -3.60. The Hall–Kier alpha value is -1.92. The maximum Gasteiger partial charge on any atom is 0.239 e. The molecule has 0 saturated carbocycles. The fourth-order valence-electron chi connectivity index (χ4n) is 1.88. The molecule has 0 spiro atoms. The average molecular weight is 309 g/mol. The zero-order chi connectivity index (χ0) is 15.5. The summed E-state index contributed by atoms with van der Waals surface area (Å²) in [6, 6.07) is 12.1. The molecule has 0 bridgehead atoms. The standard InChI is InChI=1S/C15H16FNO3S/c1-17(15-4-2-3-14(16)9-15)21(19,20)11-13-7-5-12(10-18)6-8-13/h2-9,18H,10-11H2,1H3. The Morgan fingerprint density at radius 3 is 2.29 bits per heavy atom. The quantitative estimate of drug-likeness (QED) is 0.922. The van der Waals surface area contributed by atoms with Gasteiger partial charge in [-0.3, -0.25) is 4.31 Å². The summed E-state index contributed by atoms with van der Waals surface area (Å²) in [6.07, 6.45) is 0. The van der Waals surface area contributed by atoms with Crippen LogP contribution < -0.4 is 4.31 Å². The van der Waals surface area contributed by atoms with E-state index in [1.54, 1.807) is 24.3 Å². The molecule has 1 N–H and O–H groups in total. The number of rotatable bonds is 5. The van der Waals surface area contributed by atoms with Crippen LogP contribution in [0.2, 0.25) is 0 Å². The van der Waals surface area contributed by atoms with Gasteiger partial charge in [0.25, 0.3) is 0 Å². The highest BCUT2D eigenvalue weighted by Gasteiger charge is 2.19. The average Bonchev–Trinajstić information content (AvgIpc) is 2.47. The summed E-state index contributed by atoms with van der Waals surface area (Å²) in [7, 11) is -2.20. The summed E-state index contributed by atoms with van der Waals surface area (Å²) in [6.45, 7) is -0.0871. The zero-order valence-corrected chi connectivity index (χ0v) is 12.3. The van der Waals surface area contributed by atoms with Crippen LogP contribution in [0.3, 0.4) is 0 Å². The van der Waals surface area contributed by atoms with E-state index in [2.05, 4.69) is 0 Å².